The first-order valence-corrected chi connectivity index (χ1v) is 6.64. The Bertz CT molecular complexity index is 663. The monoisotopic (exact) mass is 279 g/mol. The van der Waals surface area contributed by atoms with Crippen LogP contribution in [0.1, 0.15) is 0 Å². The lowest BCUT2D eigenvalue weighted by molar-refractivity contribution is 0.475. The van der Waals surface area contributed by atoms with Gasteiger partial charge in [-0.15, -0.1) is 0 Å². The van der Waals surface area contributed by atoms with Crippen LogP contribution in [-0.4, -0.2) is 5.11 Å². The maximum absolute atomic E-state index is 13.2. The van der Waals surface area contributed by atoms with Gasteiger partial charge in [0.1, 0.15) is 11.6 Å². The van der Waals surface area contributed by atoms with E-state index in [1.165, 1.54) is 12.1 Å². The molecule has 0 spiro atoms. The molecule has 3 aromatic carbocycles. The van der Waals surface area contributed by atoms with Gasteiger partial charge in [0.05, 0.1) is 0 Å². The number of hydrogen-bond acceptors (Lipinski definition) is 2. The van der Waals surface area contributed by atoms with Gasteiger partial charge in [0.2, 0.25) is 0 Å². The third-order valence-electron chi connectivity index (χ3n) is 3.21. The van der Waals surface area contributed by atoms with E-state index < -0.39 is 0 Å². The topological polar surface area (TPSA) is 23.5 Å². The van der Waals surface area contributed by atoms with Crippen LogP contribution in [0.4, 0.5) is 21.5 Å². The molecule has 0 radical (unpaired) electrons. The number of para-hydroxylation sites is 1. The van der Waals surface area contributed by atoms with E-state index in [1.54, 1.807) is 24.3 Å². The molecule has 1 N–H and O–H groups in total. The summed E-state index contributed by atoms with van der Waals surface area (Å²) in [6.45, 7) is 0. The van der Waals surface area contributed by atoms with Gasteiger partial charge in [-0.2, -0.15) is 0 Å². The van der Waals surface area contributed by atoms with Crippen LogP contribution in [0.15, 0.2) is 78.9 Å². The highest BCUT2D eigenvalue weighted by molar-refractivity contribution is 5.76. The van der Waals surface area contributed by atoms with E-state index in [2.05, 4.69) is 0 Å². The minimum absolute atomic E-state index is 0.214. The molecule has 0 aliphatic carbocycles. The maximum atomic E-state index is 13.2. The van der Waals surface area contributed by atoms with E-state index in [0.717, 1.165) is 17.1 Å². The Hall–Kier alpha value is -2.81. The van der Waals surface area contributed by atoms with E-state index in [4.69, 9.17) is 0 Å². The lowest BCUT2D eigenvalue weighted by Crippen LogP contribution is -2.09. The minimum Gasteiger partial charge on any atom is -0.508 e. The third kappa shape index (κ3) is 2.87. The molecule has 3 aromatic rings. The van der Waals surface area contributed by atoms with E-state index >= 15 is 0 Å². The zero-order chi connectivity index (χ0) is 14.7. The number of aromatic hydroxyl groups is 1. The molecular weight excluding hydrogens is 265 g/mol. The van der Waals surface area contributed by atoms with Gasteiger partial charge in [-0.3, -0.25) is 0 Å². The average Bonchev–Trinajstić information content (AvgIpc) is 2.52. The molecule has 0 amide bonds. The molecule has 0 aliphatic heterocycles. The molecule has 0 saturated carbocycles. The third-order valence-corrected chi connectivity index (χ3v) is 3.21. The smallest absolute Gasteiger partial charge is 0.123 e. The number of nitrogens with zero attached hydrogens (tertiary/aromatic N) is 1. The summed E-state index contributed by atoms with van der Waals surface area (Å²) < 4.78 is 13.2. The second-order valence-corrected chi connectivity index (χ2v) is 4.66. The molecule has 104 valence electrons. The van der Waals surface area contributed by atoms with E-state index in [9.17, 15) is 9.50 Å². The molecule has 0 fully saturated rings. The molecule has 3 heteroatoms. The minimum atomic E-state index is -0.266. The first-order valence-electron chi connectivity index (χ1n) is 6.64. The van der Waals surface area contributed by atoms with Gasteiger partial charge in [-0.25, -0.2) is 4.39 Å². The van der Waals surface area contributed by atoms with Gasteiger partial charge >= 0.3 is 0 Å². The van der Waals surface area contributed by atoms with Gasteiger partial charge in [-0.1, -0.05) is 18.2 Å². The van der Waals surface area contributed by atoms with Crippen molar-refractivity contribution >= 4 is 17.1 Å². The van der Waals surface area contributed by atoms with Gasteiger partial charge in [0.25, 0.3) is 0 Å². The zero-order valence-corrected chi connectivity index (χ0v) is 11.3. The summed E-state index contributed by atoms with van der Waals surface area (Å²) in [5.74, 6) is -0.0525. The molecule has 0 unspecified atom stereocenters. The molecule has 0 aliphatic rings. The van der Waals surface area contributed by atoms with E-state index in [-0.39, 0.29) is 11.6 Å². The quantitative estimate of drug-likeness (QED) is 0.729. The van der Waals surface area contributed by atoms with Crippen molar-refractivity contribution in [3.05, 3.63) is 84.7 Å². The Kier molecular flexibility index (Phi) is 3.56. The standard InChI is InChI=1S/C18H14FNO/c19-14-6-8-16(9-7-14)20(15-4-2-1-3-5-15)17-10-12-18(21)13-11-17/h1-13,21H. The second-order valence-electron chi connectivity index (χ2n) is 4.66. The Labute approximate surface area is 122 Å². The molecule has 0 heterocycles. The van der Waals surface area contributed by atoms with Crippen LogP contribution in [0.2, 0.25) is 0 Å². The molecule has 2 nitrogen and oxygen atoms in total. The van der Waals surface area contributed by atoms with Gasteiger partial charge in [0.15, 0.2) is 0 Å². The van der Waals surface area contributed by atoms with Gasteiger partial charge < -0.3 is 10.0 Å². The first-order chi connectivity index (χ1) is 10.2. The number of phenolic OH excluding ortho intramolecular Hbond substituents is 1. The summed E-state index contributed by atoms with van der Waals surface area (Å²) in [5, 5.41) is 9.45. The SMILES string of the molecule is Oc1ccc(N(c2ccccc2)c2ccc(F)cc2)cc1. The fourth-order valence-corrected chi connectivity index (χ4v) is 2.22. The van der Waals surface area contributed by atoms with Gasteiger partial charge in [0, 0.05) is 17.1 Å². The van der Waals surface area contributed by atoms with Crippen molar-refractivity contribution in [1.29, 1.82) is 0 Å². The molecule has 0 bridgehead atoms. The molecule has 3 rings (SSSR count). The largest absolute Gasteiger partial charge is 0.508 e. The van der Waals surface area contributed by atoms with Crippen LogP contribution < -0.4 is 4.90 Å². The lowest BCUT2D eigenvalue weighted by Gasteiger charge is -2.25. The fourth-order valence-electron chi connectivity index (χ4n) is 2.22. The van der Waals surface area contributed by atoms with Crippen molar-refractivity contribution < 1.29 is 9.50 Å². The highest BCUT2D eigenvalue weighted by Gasteiger charge is 2.11. The molecule has 0 saturated heterocycles. The fraction of sp³-hybridized carbons (Fsp3) is 0. The van der Waals surface area contributed by atoms with Gasteiger partial charge in [-0.05, 0) is 60.7 Å². The lowest BCUT2D eigenvalue weighted by atomic mass is 10.2. The van der Waals surface area contributed by atoms with Crippen molar-refractivity contribution in [2.45, 2.75) is 0 Å². The average molecular weight is 279 g/mol. The van der Waals surface area contributed by atoms with Crippen molar-refractivity contribution in [3.63, 3.8) is 0 Å². The number of anilines is 3. The summed E-state index contributed by atoms with van der Waals surface area (Å²) in [4.78, 5) is 2.00. The Morgan fingerprint density at radius 3 is 1.67 bits per heavy atom. The second kappa shape index (κ2) is 5.67. The molecule has 0 aromatic heterocycles. The Balaban J connectivity index is 2.11. The molecule has 21 heavy (non-hydrogen) atoms. The normalized spacial score (nSPS) is 10.3. The van der Waals surface area contributed by atoms with Crippen LogP contribution in [-0.2, 0) is 0 Å². The number of hydrogen-bond donors (Lipinski definition) is 1. The summed E-state index contributed by atoms with van der Waals surface area (Å²) in [6, 6.07) is 23.1. The van der Waals surface area contributed by atoms with E-state index in [0.29, 0.717) is 0 Å². The van der Waals surface area contributed by atoms with Crippen LogP contribution >= 0.6 is 0 Å². The predicted molar refractivity (Wildman–Crippen MR) is 82.7 cm³/mol. The van der Waals surface area contributed by atoms with Crippen molar-refractivity contribution in [3.8, 4) is 5.75 Å². The number of benzene rings is 3. The van der Waals surface area contributed by atoms with E-state index in [1.807, 2.05) is 47.4 Å². The predicted octanol–water partition coefficient (Wildman–Crippen LogP) is 5.00. The Morgan fingerprint density at radius 1 is 0.619 bits per heavy atom. The summed E-state index contributed by atoms with van der Waals surface area (Å²) in [5.41, 5.74) is 2.72. The zero-order valence-electron chi connectivity index (χ0n) is 11.3. The van der Waals surface area contributed by atoms with Crippen molar-refractivity contribution in [2.24, 2.45) is 0 Å². The number of phenols is 1. The highest BCUT2D eigenvalue weighted by atomic mass is 19.1. The summed E-state index contributed by atoms with van der Waals surface area (Å²) in [7, 11) is 0. The maximum Gasteiger partial charge on any atom is 0.123 e. The van der Waals surface area contributed by atoms with Crippen LogP contribution in [0.25, 0.3) is 0 Å². The molecular formula is C18H14FNO. The summed E-state index contributed by atoms with van der Waals surface area (Å²) >= 11 is 0. The highest BCUT2D eigenvalue weighted by Crippen LogP contribution is 2.34. The summed E-state index contributed by atoms with van der Waals surface area (Å²) in [6.07, 6.45) is 0. The molecule has 0 atom stereocenters. The number of rotatable bonds is 3. The Morgan fingerprint density at radius 2 is 1.10 bits per heavy atom. The first kappa shape index (κ1) is 13.2. The van der Waals surface area contributed by atoms with Crippen molar-refractivity contribution in [1.82, 2.24) is 0 Å². The number of halogens is 1. The van der Waals surface area contributed by atoms with Crippen LogP contribution in [0.3, 0.4) is 0 Å². The van der Waals surface area contributed by atoms with Crippen molar-refractivity contribution in [2.75, 3.05) is 4.90 Å². The van der Waals surface area contributed by atoms with Crippen LogP contribution in [0.5, 0.6) is 5.75 Å². The van der Waals surface area contributed by atoms with Crippen LogP contribution in [0, 0.1) is 5.82 Å².